The van der Waals surface area contributed by atoms with Crippen LogP contribution in [0.5, 0.6) is 6.01 Å². The zero-order valence-electron chi connectivity index (χ0n) is 8.80. The molecule has 0 bridgehead atoms. The highest BCUT2D eigenvalue weighted by Crippen LogP contribution is 2.09. The molecule has 0 aromatic carbocycles. The first-order valence-electron chi connectivity index (χ1n) is 4.40. The number of ether oxygens (including phenoxy) is 1. The summed E-state index contributed by atoms with van der Waals surface area (Å²) in [6.45, 7) is 3.83. The maximum atomic E-state index is 9.40. The number of anilines is 1. The Hall–Kier alpha value is -1.07. The minimum absolute atomic E-state index is 0. The molecular weight excluding hydrogens is 218 g/mol. The lowest BCUT2D eigenvalue weighted by molar-refractivity contribution is 0.0539. The Labute approximate surface area is 95.1 Å². The number of aromatic nitrogens is 2. The van der Waals surface area contributed by atoms with Gasteiger partial charge in [-0.15, -0.1) is 12.4 Å². The van der Waals surface area contributed by atoms with E-state index in [1.54, 1.807) is 13.8 Å². The Morgan fingerprint density at radius 2 is 1.93 bits per heavy atom. The van der Waals surface area contributed by atoms with Gasteiger partial charge < -0.3 is 15.6 Å². The number of halogens is 1. The summed E-state index contributed by atoms with van der Waals surface area (Å²) in [4.78, 5) is 7.72. The molecule has 1 aromatic heterocycles. The monoisotopic (exact) mass is 233 g/mol. The maximum absolute atomic E-state index is 9.40. The third-order valence-electron chi connectivity index (χ3n) is 1.59. The molecule has 0 atom stereocenters. The van der Waals surface area contributed by atoms with E-state index in [0.717, 1.165) is 0 Å². The van der Waals surface area contributed by atoms with Crippen molar-refractivity contribution in [3.63, 3.8) is 0 Å². The van der Waals surface area contributed by atoms with Gasteiger partial charge in [0.05, 0.1) is 30.3 Å². The molecule has 0 saturated heterocycles. The van der Waals surface area contributed by atoms with Gasteiger partial charge >= 0.3 is 6.01 Å². The van der Waals surface area contributed by atoms with Crippen LogP contribution in [0.1, 0.15) is 20.3 Å². The molecule has 0 spiro atoms. The molecule has 5 nitrogen and oxygen atoms in total. The fourth-order valence-electron chi connectivity index (χ4n) is 0.793. The van der Waals surface area contributed by atoms with Crippen LogP contribution in [0.25, 0.3) is 0 Å². The molecule has 1 heterocycles. The molecule has 0 aliphatic rings. The fraction of sp³-hybridized carbons (Fsp3) is 0.556. The lowest BCUT2D eigenvalue weighted by Gasteiger charge is -2.16. The highest BCUT2D eigenvalue weighted by atomic mass is 35.5. The van der Waals surface area contributed by atoms with E-state index in [0.29, 0.717) is 18.7 Å². The van der Waals surface area contributed by atoms with Gasteiger partial charge in [0.2, 0.25) is 0 Å². The van der Waals surface area contributed by atoms with E-state index in [2.05, 4.69) is 9.97 Å². The number of nitrogens with zero attached hydrogens (tertiary/aromatic N) is 2. The number of nitrogens with two attached hydrogens (primary N) is 1. The minimum atomic E-state index is -0.728. The van der Waals surface area contributed by atoms with Gasteiger partial charge in [-0.2, -0.15) is 0 Å². The Morgan fingerprint density at radius 3 is 2.40 bits per heavy atom. The quantitative estimate of drug-likeness (QED) is 0.812. The van der Waals surface area contributed by atoms with Crippen molar-refractivity contribution in [1.82, 2.24) is 9.97 Å². The minimum Gasteiger partial charge on any atom is -0.463 e. The van der Waals surface area contributed by atoms with E-state index in [1.807, 2.05) is 0 Å². The van der Waals surface area contributed by atoms with Crippen LogP contribution in [-0.2, 0) is 0 Å². The van der Waals surface area contributed by atoms with Gasteiger partial charge in [-0.05, 0) is 13.8 Å². The zero-order valence-corrected chi connectivity index (χ0v) is 9.62. The van der Waals surface area contributed by atoms with E-state index in [1.165, 1.54) is 12.4 Å². The SMILES string of the molecule is CC(C)(O)CCOc1ncc(N)cn1.Cl. The lowest BCUT2D eigenvalue weighted by atomic mass is 10.1. The van der Waals surface area contributed by atoms with Crippen molar-refractivity contribution >= 4 is 18.1 Å². The van der Waals surface area contributed by atoms with Crippen LogP contribution in [-0.4, -0.2) is 27.3 Å². The van der Waals surface area contributed by atoms with Gasteiger partial charge in [-0.3, -0.25) is 0 Å². The molecule has 0 saturated carbocycles. The topological polar surface area (TPSA) is 81.3 Å². The Morgan fingerprint density at radius 1 is 1.40 bits per heavy atom. The Kier molecular flexibility index (Phi) is 5.32. The largest absolute Gasteiger partial charge is 0.463 e. The van der Waals surface area contributed by atoms with Gasteiger partial charge in [-0.25, -0.2) is 9.97 Å². The third kappa shape index (κ3) is 6.09. The van der Waals surface area contributed by atoms with E-state index in [-0.39, 0.29) is 18.4 Å². The molecule has 0 amide bonds. The first kappa shape index (κ1) is 13.9. The molecular formula is C9H16ClN3O2. The summed E-state index contributed by atoms with van der Waals surface area (Å²) in [5, 5.41) is 9.40. The smallest absolute Gasteiger partial charge is 0.316 e. The summed E-state index contributed by atoms with van der Waals surface area (Å²) in [6.07, 6.45) is 3.49. The van der Waals surface area contributed by atoms with Crippen LogP contribution in [0.3, 0.4) is 0 Å². The average Bonchev–Trinajstić information content (AvgIpc) is 2.06. The van der Waals surface area contributed by atoms with Crippen LogP contribution >= 0.6 is 12.4 Å². The number of rotatable bonds is 4. The van der Waals surface area contributed by atoms with Crippen LogP contribution in [0.4, 0.5) is 5.69 Å². The molecule has 0 aliphatic carbocycles. The number of hydrogen-bond donors (Lipinski definition) is 2. The van der Waals surface area contributed by atoms with Gasteiger partial charge in [0.15, 0.2) is 0 Å². The molecule has 6 heteroatoms. The normalized spacial score (nSPS) is 10.6. The second-order valence-corrected chi connectivity index (χ2v) is 3.71. The maximum Gasteiger partial charge on any atom is 0.316 e. The lowest BCUT2D eigenvalue weighted by Crippen LogP contribution is -2.22. The van der Waals surface area contributed by atoms with Crippen molar-refractivity contribution in [1.29, 1.82) is 0 Å². The van der Waals surface area contributed by atoms with Crippen LogP contribution in [0.2, 0.25) is 0 Å². The summed E-state index contributed by atoms with van der Waals surface area (Å²) >= 11 is 0. The summed E-state index contributed by atoms with van der Waals surface area (Å²) < 4.78 is 5.20. The fourth-order valence-corrected chi connectivity index (χ4v) is 0.793. The molecule has 15 heavy (non-hydrogen) atoms. The van der Waals surface area contributed by atoms with Gasteiger partial charge in [0.25, 0.3) is 0 Å². The summed E-state index contributed by atoms with van der Waals surface area (Å²) in [7, 11) is 0. The highest BCUT2D eigenvalue weighted by Gasteiger charge is 2.12. The van der Waals surface area contributed by atoms with Crippen LogP contribution < -0.4 is 10.5 Å². The van der Waals surface area contributed by atoms with Crippen molar-refractivity contribution in [3.8, 4) is 6.01 Å². The molecule has 1 rings (SSSR count). The van der Waals surface area contributed by atoms with Gasteiger partial charge in [-0.1, -0.05) is 0 Å². The molecule has 86 valence electrons. The number of hydrogen-bond acceptors (Lipinski definition) is 5. The molecule has 0 unspecified atom stereocenters. The number of nitrogen functional groups attached to an aromatic ring is 1. The molecule has 0 fully saturated rings. The second kappa shape index (κ2) is 5.72. The van der Waals surface area contributed by atoms with E-state index in [9.17, 15) is 5.11 Å². The zero-order chi connectivity index (χ0) is 10.6. The predicted octanol–water partition coefficient (Wildman–Crippen LogP) is 1.02. The predicted molar refractivity (Wildman–Crippen MR) is 60.1 cm³/mol. The first-order chi connectivity index (χ1) is 6.47. The van der Waals surface area contributed by atoms with Crippen molar-refractivity contribution < 1.29 is 9.84 Å². The molecule has 0 aliphatic heterocycles. The van der Waals surface area contributed by atoms with Gasteiger partial charge in [0.1, 0.15) is 0 Å². The van der Waals surface area contributed by atoms with Gasteiger partial charge in [0, 0.05) is 6.42 Å². The summed E-state index contributed by atoms with van der Waals surface area (Å²) in [6, 6.07) is 0.281. The molecule has 0 radical (unpaired) electrons. The number of aliphatic hydroxyl groups is 1. The van der Waals surface area contributed by atoms with Crippen LogP contribution in [0.15, 0.2) is 12.4 Å². The van der Waals surface area contributed by atoms with Crippen LogP contribution in [0, 0.1) is 0 Å². The first-order valence-corrected chi connectivity index (χ1v) is 4.40. The van der Waals surface area contributed by atoms with Crippen molar-refractivity contribution in [2.45, 2.75) is 25.9 Å². The van der Waals surface area contributed by atoms with Crippen molar-refractivity contribution in [2.75, 3.05) is 12.3 Å². The Bertz CT molecular complexity index is 284. The highest BCUT2D eigenvalue weighted by molar-refractivity contribution is 5.85. The third-order valence-corrected chi connectivity index (χ3v) is 1.59. The van der Waals surface area contributed by atoms with E-state index < -0.39 is 5.60 Å². The summed E-state index contributed by atoms with van der Waals surface area (Å²) in [5.41, 5.74) is 5.18. The van der Waals surface area contributed by atoms with Crippen molar-refractivity contribution in [2.24, 2.45) is 0 Å². The standard InChI is InChI=1S/C9H15N3O2.ClH/c1-9(2,13)3-4-14-8-11-5-7(10)6-12-8;/h5-6,13H,3-4,10H2,1-2H3;1H. The Balaban J connectivity index is 0.00000196. The molecule has 1 aromatic rings. The van der Waals surface area contributed by atoms with E-state index in [4.69, 9.17) is 10.5 Å². The van der Waals surface area contributed by atoms with Crippen molar-refractivity contribution in [3.05, 3.63) is 12.4 Å². The summed E-state index contributed by atoms with van der Waals surface area (Å²) in [5.74, 6) is 0. The second-order valence-electron chi connectivity index (χ2n) is 3.71. The van der Waals surface area contributed by atoms with E-state index >= 15 is 0 Å². The average molecular weight is 234 g/mol. The molecule has 3 N–H and O–H groups in total.